The van der Waals surface area contributed by atoms with Crippen LogP contribution in [0.4, 0.5) is 5.69 Å². The molecule has 2 atom stereocenters. The van der Waals surface area contributed by atoms with E-state index < -0.39 is 35.8 Å². The molecular weight excluding hydrogens is 278 g/mol. The topological polar surface area (TPSA) is 133 Å². The van der Waals surface area contributed by atoms with Gasteiger partial charge in [0.15, 0.2) is 0 Å². The molecule has 112 valence electrons. The van der Waals surface area contributed by atoms with Crippen molar-refractivity contribution in [2.24, 2.45) is 11.8 Å². The maximum Gasteiger partial charge on any atom is 0.324 e. The second-order valence-corrected chi connectivity index (χ2v) is 4.82. The summed E-state index contributed by atoms with van der Waals surface area (Å²) in [6, 6.07) is 8.39. The quantitative estimate of drug-likeness (QED) is 0.313. The number of benzene rings is 1. The first-order chi connectivity index (χ1) is 9.88. The monoisotopic (exact) mass is 293 g/mol. The number of hydrogen-bond donors (Lipinski definition) is 4. The molecular formula is C13H15N3O5. The highest BCUT2D eigenvalue weighted by atomic mass is 16.4. The molecule has 1 aromatic carbocycles. The van der Waals surface area contributed by atoms with E-state index in [0.717, 1.165) is 5.01 Å². The minimum absolute atomic E-state index is 0.00891. The van der Waals surface area contributed by atoms with Crippen LogP contribution in [0.5, 0.6) is 0 Å². The molecule has 5 N–H and O–H groups in total. The number of para-hydroxylation sites is 1. The number of nitrogens with two attached hydrogens (primary N) is 1. The Labute approximate surface area is 120 Å². The molecule has 1 saturated carbocycles. The average molecular weight is 293 g/mol. The van der Waals surface area contributed by atoms with Crippen molar-refractivity contribution in [3.63, 3.8) is 0 Å². The van der Waals surface area contributed by atoms with Gasteiger partial charge in [0.05, 0.1) is 18.2 Å². The summed E-state index contributed by atoms with van der Waals surface area (Å²) in [7, 11) is 0. The minimum atomic E-state index is -1.55. The van der Waals surface area contributed by atoms with Gasteiger partial charge >= 0.3 is 11.9 Å². The molecule has 0 bridgehead atoms. The Morgan fingerprint density at radius 1 is 1.29 bits per heavy atom. The van der Waals surface area contributed by atoms with Gasteiger partial charge in [0, 0.05) is 0 Å². The van der Waals surface area contributed by atoms with Crippen molar-refractivity contribution in [2.75, 3.05) is 11.6 Å². The van der Waals surface area contributed by atoms with Crippen LogP contribution in [0.15, 0.2) is 30.3 Å². The molecule has 0 aliphatic heterocycles. The van der Waals surface area contributed by atoms with Crippen molar-refractivity contribution in [2.45, 2.75) is 12.0 Å². The fraction of sp³-hybridized carbons (Fsp3) is 0.308. The van der Waals surface area contributed by atoms with Crippen LogP contribution < -0.4 is 16.2 Å². The summed E-state index contributed by atoms with van der Waals surface area (Å²) in [6.45, 7) is -0.536. The second-order valence-electron chi connectivity index (χ2n) is 4.82. The van der Waals surface area contributed by atoms with E-state index in [2.05, 4.69) is 5.32 Å². The molecule has 8 nitrogen and oxygen atoms in total. The minimum Gasteiger partial charge on any atom is -0.480 e. The van der Waals surface area contributed by atoms with Crippen LogP contribution in [0.25, 0.3) is 0 Å². The maximum atomic E-state index is 12.2. The standard InChI is InChI=1S/C13H15N3O5/c14-16(8-4-2-1-3-5-8)11(19)9-6-13(9,12(20)21)15-7-10(17)18/h1-5,9,15H,6-7,14H2,(H,17,18)(H,20,21). The molecule has 1 aliphatic carbocycles. The molecule has 0 aromatic heterocycles. The van der Waals surface area contributed by atoms with Gasteiger partial charge < -0.3 is 10.2 Å². The number of hydrazine groups is 1. The van der Waals surface area contributed by atoms with Crippen molar-refractivity contribution >= 4 is 23.5 Å². The summed E-state index contributed by atoms with van der Waals surface area (Å²) in [5.74, 6) is 1.79. The zero-order valence-electron chi connectivity index (χ0n) is 11.0. The summed E-state index contributed by atoms with van der Waals surface area (Å²) in [5.41, 5.74) is -1.12. The SMILES string of the molecule is NN(C(=O)C1CC1(NCC(=O)O)C(=O)O)c1ccccc1. The maximum absolute atomic E-state index is 12.2. The fourth-order valence-electron chi connectivity index (χ4n) is 2.19. The Hall–Kier alpha value is -2.45. The molecule has 1 amide bonds. The van der Waals surface area contributed by atoms with Crippen LogP contribution in [-0.4, -0.2) is 40.1 Å². The molecule has 0 heterocycles. The Balaban J connectivity index is 2.10. The summed E-state index contributed by atoms with van der Waals surface area (Å²) in [5, 5.41) is 21.1. The fourth-order valence-corrected chi connectivity index (χ4v) is 2.19. The number of aliphatic carboxylic acids is 2. The number of hydrogen-bond acceptors (Lipinski definition) is 5. The zero-order valence-corrected chi connectivity index (χ0v) is 11.0. The molecule has 0 spiro atoms. The smallest absolute Gasteiger partial charge is 0.324 e. The number of carboxylic acid groups (broad SMARTS) is 2. The number of amides is 1. The third-order valence-corrected chi connectivity index (χ3v) is 3.47. The highest BCUT2D eigenvalue weighted by Crippen LogP contribution is 2.45. The van der Waals surface area contributed by atoms with Crippen LogP contribution >= 0.6 is 0 Å². The summed E-state index contributed by atoms with van der Waals surface area (Å²) in [4.78, 5) is 34.1. The predicted octanol–water partition coefficient (Wildman–Crippen LogP) is -0.589. The largest absolute Gasteiger partial charge is 0.480 e. The molecule has 0 radical (unpaired) electrons. The van der Waals surface area contributed by atoms with Crippen LogP contribution in [0, 0.1) is 5.92 Å². The first-order valence-electron chi connectivity index (χ1n) is 6.22. The lowest BCUT2D eigenvalue weighted by molar-refractivity contribution is -0.143. The number of nitrogens with one attached hydrogen (secondary N) is 1. The first-order valence-corrected chi connectivity index (χ1v) is 6.22. The molecule has 1 fully saturated rings. The summed E-state index contributed by atoms with van der Waals surface area (Å²) in [6.07, 6.45) is 0.00891. The molecule has 2 unspecified atom stereocenters. The highest BCUT2D eigenvalue weighted by Gasteiger charge is 2.65. The van der Waals surface area contributed by atoms with E-state index in [0.29, 0.717) is 5.69 Å². The highest BCUT2D eigenvalue weighted by molar-refractivity contribution is 6.03. The van der Waals surface area contributed by atoms with E-state index >= 15 is 0 Å². The van der Waals surface area contributed by atoms with Crippen LogP contribution in [0.3, 0.4) is 0 Å². The van der Waals surface area contributed by atoms with Gasteiger partial charge in [-0.25, -0.2) is 10.9 Å². The Bertz CT molecular complexity index is 576. The van der Waals surface area contributed by atoms with Gasteiger partial charge in [0.25, 0.3) is 0 Å². The Kier molecular flexibility index (Phi) is 3.92. The van der Waals surface area contributed by atoms with Crippen molar-refractivity contribution in [1.29, 1.82) is 0 Å². The number of carbonyl (C=O) groups excluding carboxylic acids is 1. The molecule has 1 aliphatic rings. The van der Waals surface area contributed by atoms with Gasteiger partial charge in [-0.05, 0) is 18.6 Å². The summed E-state index contributed by atoms with van der Waals surface area (Å²) >= 11 is 0. The average Bonchev–Trinajstić information content (AvgIpc) is 3.20. The van der Waals surface area contributed by atoms with Gasteiger partial charge in [-0.15, -0.1) is 0 Å². The van der Waals surface area contributed by atoms with Gasteiger partial charge in [0.1, 0.15) is 5.54 Å². The molecule has 21 heavy (non-hydrogen) atoms. The van der Waals surface area contributed by atoms with E-state index in [9.17, 15) is 19.5 Å². The number of carboxylic acids is 2. The van der Waals surface area contributed by atoms with Gasteiger partial charge in [0.2, 0.25) is 5.91 Å². The lowest BCUT2D eigenvalue weighted by Crippen LogP contribution is -2.48. The van der Waals surface area contributed by atoms with E-state index in [4.69, 9.17) is 10.9 Å². The molecule has 0 saturated heterocycles. The van der Waals surface area contributed by atoms with E-state index in [1.165, 1.54) is 0 Å². The molecule has 8 heteroatoms. The van der Waals surface area contributed by atoms with Crippen LogP contribution in [0.1, 0.15) is 6.42 Å². The molecule has 1 aromatic rings. The predicted molar refractivity (Wildman–Crippen MR) is 72.2 cm³/mol. The lowest BCUT2D eigenvalue weighted by Gasteiger charge is -2.19. The van der Waals surface area contributed by atoms with E-state index in [-0.39, 0.29) is 6.42 Å². The van der Waals surface area contributed by atoms with Crippen molar-refractivity contribution in [3.05, 3.63) is 30.3 Å². The second kappa shape index (κ2) is 5.51. The van der Waals surface area contributed by atoms with Gasteiger partial charge in [-0.3, -0.25) is 19.7 Å². The zero-order chi connectivity index (χ0) is 15.6. The van der Waals surface area contributed by atoms with Crippen molar-refractivity contribution in [3.8, 4) is 0 Å². The molecule has 2 rings (SSSR count). The van der Waals surface area contributed by atoms with Crippen LogP contribution in [-0.2, 0) is 14.4 Å². The summed E-state index contributed by atoms with van der Waals surface area (Å²) < 4.78 is 0. The third kappa shape index (κ3) is 2.86. The number of nitrogens with zero attached hydrogens (tertiary/aromatic N) is 1. The number of carbonyl (C=O) groups is 3. The van der Waals surface area contributed by atoms with Gasteiger partial charge in [-0.1, -0.05) is 18.2 Å². The van der Waals surface area contributed by atoms with Crippen molar-refractivity contribution < 1.29 is 24.6 Å². The first kappa shape index (κ1) is 14.9. The lowest BCUT2D eigenvalue weighted by atomic mass is 10.2. The van der Waals surface area contributed by atoms with Crippen LogP contribution in [0.2, 0.25) is 0 Å². The number of anilines is 1. The third-order valence-electron chi connectivity index (χ3n) is 3.47. The Morgan fingerprint density at radius 3 is 2.43 bits per heavy atom. The van der Waals surface area contributed by atoms with Crippen molar-refractivity contribution in [1.82, 2.24) is 5.32 Å². The van der Waals surface area contributed by atoms with E-state index in [1.807, 2.05) is 0 Å². The normalized spacial score (nSPS) is 23.4. The number of rotatable bonds is 6. The van der Waals surface area contributed by atoms with E-state index in [1.54, 1.807) is 30.3 Å². The Morgan fingerprint density at radius 2 is 1.90 bits per heavy atom. The van der Waals surface area contributed by atoms with Gasteiger partial charge in [-0.2, -0.15) is 0 Å².